The van der Waals surface area contributed by atoms with Gasteiger partial charge < -0.3 is 19.6 Å². The van der Waals surface area contributed by atoms with Gasteiger partial charge in [-0.2, -0.15) is 0 Å². The van der Waals surface area contributed by atoms with Gasteiger partial charge in [0.05, 0.1) is 29.6 Å². The highest BCUT2D eigenvalue weighted by molar-refractivity contribution is 6.12. The molecule has 0 aliphatic rings. The number of ether oxygens (including phenoxy) is 1. The van der Waals surface area contributed by atoms with Gasteiger partial charge in [0.1, 0.15) is 11.3 Å². The summed E-state index contributed by atoms with van der Waals surface area (Å²) < 4.78 is 7.85. The summed E-state index contributed by atoms with van der Waals surface area (Å²) in [7, 11) is 3.16. The van der Waals surface area contributed by atoms with Crippen molar-refractivity contribution < 1.29 is 9.53 Å². The first-order valence-electron chi connectivity index (χ1n) is 9.26. The van der Waals surface area contributed by atoms with E-state index >= 15 is 0 Å². The van der Waals surface area contributed by atoms with Crippen LogP contribution in [0.4, 0.5) is 5.69 Å². The molecule has 0 bridgehead atoms. The van der Waals surface area contributed by atoms with Crippen molar-refractivity contribution in [2.45, 2.75) is 6.92 Å². The molecule has 152 valence electrons. The molecule has 0 aliphatic heterocycles. The summed E-state index contributed by atoms with van der Waals surface area (Å²) in [5.41, 5.74) is 1.42. The molecule has 0 saturated carbocycles. The number of benzene rings is 2. The van der Waals surface area contributed by atoms with Gasteiger partial charge in [-0.25, -0.2) is 9.36 Å². The fourth-order valence-corrected chi connectivity index (χ4v) is 3.41. The van der Waals surface area contributed by atoms with Crippen LogP contribution in [0.3, 0.4) is 0 Å². The van der Waals surface area contributed by atoms with Gasteiger partial charge in [0.2, 0.25) is 0 Å². The van der Waals surface area contributed by atoms with Crippen LogP contribution >= 0.6 is 0 Å². The molecule has 0 fully saturated rings. The van der Waals surface area contributed by atoms with Gasteiger partial charge in [-0.15, -0.1) is 0 Å². The summed E-state index contributed by atoms with van der Waals surface area (Å²) >= 11 is 0. The SMILES string of the molecule is COc1ccccc1NC(=O)c1cn(C)c2c(=O)n(-c3ccc(C)cc3)c(=O)[nH]c12. The third-order valence-corrected chi connectivity index (χ3v) is 4.91. The number of H-pyrrole nitrogens is 1. The first-order valence-corrected chi connectivity index (χ1v) is 9.26. The minimum absolute atomic E-state index is 0.184. The number of carbonyl (C=O) groups is 1. The topological polar surface area (TPSA) is 98.1 Å². The lowest BCUT2D eigenvalue weighted by atomic mass is 10.2. The number of hydrogen-bond acceptors (Lipinski definition) is 4. The van der Waals surface area contributed by atoms with Crippen molar-refractivity contribution in [2.24, 2.45) is 7.05 Å². The number of nitrogens with zero attached hydrogens (tertiary/aromatic N) is 2. The molecule has 0 atom stereocenters. The highest BCUT2D eigenvalue weighted by atomic mass is 16.5. The van der Waals surface area contributed by atoms with Gasteiger partial charge in [0, 0.05) is 13.2 Å². The van der Waals surface area contributed by atoms with Crippen molar-refractivity contribution in [1.82, 2.24) is 14.1 Å². The van der Waals surface area contributed by atoms with Crippen LogP contribution in [0, 0.1) is 6.92 Å². The first kappa shape index (κ1) is 19.3. The number of hydrogen-bond donors (Lipinski definition) is 2. The Morgan fingerprint density at radius 3 is 2.47 bits per heavy atom. The van der Waals surface area contributed by atoms with E-state index in [2.05, 4.69) is 10.3 Å². The Labute approximate surface area is 171 Å². The highest BCUT2D eigenvalue weighted by Crippen LogP contribution is 2.25. The Morgan fingerprint density at radius 2 is 1.77 bits per heavy atom. The molecule has 4 rings (SSSR count). The van der Waals surface area contributed by atoms with E-state index in [0.717, 1.165) is 10.1 Å². The van der Waals surface area contributed by atoms with E-state index in [0.29, 0.717) is 17.1 Å². The molecule has 4 aromatic rings. The number of aromatic amines is 1. The standard InChI is InChI=1S/C22H20N4O4/c1-13-8-10-14(11-9-13)26-21(28)19-18(24-22(26)29)15(12-25(19)2)20(27)23-16-6-4-5-7-17(16)30-3/h4-12H,1-3H3,(H,23,27)(H,24,29). The van der Waals surface area contributed by atoms with E-state index in [-0.39, 0.29) is 16.6 Å². The second-order valence-corrected chi connectivity index (χ2v) is 6.94. The van der Waals surface area contributed by atoms with Gasteiger partial charge in [0.25, 0.3) is 11.5 Å². The maximum atomic E-state index is 13.1. The normalized spacial score (nSPS) is 10.9. The maximum Gasteiger partial charge on any atom is 0.333 e. The molecule has 2 aromatic heterocycles. The Kier molecular flexibility index (Phi) is 4.75. The van der Waals surface area contributed by atoms with Gasteiger partial charge in [0.15, 0.2) is 0 Å². The zero-order valence-electron chi connectivity index (χ0n) is 16.7. The van der Waals surface area contributed by atoms with Crippen molar-refractivity contribution >= 4 is 22.6 Å². The molecule has 0 radical (unpaired) electrons. The summed E-state index contributed by atoms with van der Waals surface area (Å²) in [5, 5.41) is 2.77. The van der Waals surface area contributed by atoms with Crippen molar-refractivity contribution in [3.05, 3.63) is 86.7 Å². The van der Waals surface area contributed by atoms with E-state index in [1.807, 2.05) is 19.1 Å². The number of nitrogens with one attached hydrogen (secondary N) is 2. The van der Waals surface area contributed by atoms with Crippen molar-refractivity contribution in [3.63, 3.8) is 0 Å². The zero-order valence-corrected chi connectivity index (χ0v) is 16.7. The molecule has 2 N–H and O–H groups in total. The second kappa shape index (κ2) is 7.40. The monoisotopic (exact) mass is 404 g/mol. The maximum absolute atomic E-state index is 13.1. The molecule has 2 heterocycles. The summed E-state index contributed by atoms with van der Waals surface area (Å²) in [6, 6.07) is 14.0. The van der Waals surface area contributed by atoms with E-state index in [4.69, 9.17) is 4.74 Å². The van der Waals surface area contributed by atoms with E-state index < -0.39 is 17.2 Å². The van der Waals surface area contributed by atoms with Crippen LogP contribution in [0.5, 0.6) is 5.75 Å². The molecule has 30 heavy (non-hydrogen) atoms. The molecule has 8 heteroatoms. The summed E-state index contributed by atoms with van der Waals surface area (Å²) in [4.78, 5) is 41.5. The van der Waals surface area contributed by atoms with Gasteiger partial charge >= 0.3 is 5.69 Å². The minimum atomic E-state index is -0.617. The molecule has 0 unspecified atom stereocenters. The van der Waals surface area contributed by atoms with Gasteiger partial charge in [-0.3, -0.25) is 9.59 Å². The summed E-state index contributed by atoms with van der Waals surface area (Å²) in [5.74, 6) is 0.0366. The average molecular weight is 404 g/mol. The number of fused-ring (bicyclic) bond motifs is 1. The molecular formula is C22H20N4O4. The number of para-hydroxylation sites is 2. The number of aryl methyl sites for hydroxylation is 2. The zero-order chi connectivity index (χ0) is 21.4. The Balaban J connectivity index is 1.84. The molecule has 1 amide bonds. The number of carbonyl (C=O) groups excluding carboxylic acids is 1. The largest absolute Gasteiger partial charge is 0.495 e. The van der Waals surface area contributed by atoms with E-state index in [9.17, 15) is 14.4 Å². The quantitative estimate of drug-likeness (QED) is 0.546. The predicted octanol–water partition coefficient (Wildman–Crippen LogP) is 2.59. The van der Waals surface area contributed by atoms with Gasteiger partial charge in [-0.05, 0) is 31.2 Å². The third-order valence-electron chi connectivity index (χ3n) is 4.91. The average Bonchev–Trinajstić information content (AvgIpc) is 3.06. The molecule has 8 nitrogen and oxygen atoms in total. The smallest absolute Gasteiger partial charge is 0.333 e. The van der Waals surface area contributed by atoms with E-state index in [1.54, 1.807) is 43.4 Å². The molecular weight excluding hydrogens is 384 g/mol. The van der Waals surface area contributed by atoms with Crippen LogP contribution in [0.2, 0.25) is 0 Å². The fraction of sp³-hybridized carbons (Fsp3) is 0.136. The lowest BCUT2D eigenvalue weighted by molar-refractivity contribution is 0.102. The van der Waals surface area contributed by atoms with Crippen molar-refractivity contribution in [3.8, 4) is 11.4 Å². The highest BCUT2D eigenvalue weighted by Gasteiger charge is 2.21. The third kappa shape index (κ3) is 3.18. The van der Waals surface area contributed by atoms with Crippen LogP contribution in [0.1, 0.15) is 15.9 Å². The molecule has 0 saturated heterocycles. The predicted molar refractivity (Wildman–Crippen MR) is 115 cm³/mol. The van der Waals surface area contributed by atoms with Crippen LogP contribution in [-0.4, -0.2) is 27.1 Å². The van der Waals surface area contributed by atoms with Crippen LogP contribution in [0.15, 0.2) is 64.3 Å². The number of anilines is 1. The Bertz CT molecular complexity index is 1380. The molecule has 0 spiro atoms. The number of amides is 1. The van der Waals surface area contributed by atoms with Crippen molar-refractivity contribution in [2.75, 3.05) is 12.4 Å². The van der Waals surface area contributed by atoms with Crippen LogP contribution in [0.25, 0.3) is 16.7 Å². The lowest BCUT2D eigenvalue weighted by Crippen LogP contribution is -2.34. The lowest BCUT2D eigenvalue weighted by Gasteiger charge is -2.09. The van der Waals surface area contributed by atoms with Crippen LogP contribution in [-0.2, 0) is 7.05 Å². The molecule has 2 aromatic carbocycles. The fourth-order valence-electron chi connectivity index (χ4n) is 3.41. The van der Waals surface area contributed by atoms with Crippen molar-refractivity contribution in [1.29, 1.82) is 0 Å². The second-order valence-electron chi connectivity index (χ2n) is 6.94. The van der Waals surface area contributed by atoms with E-state index in [1.165, 1.54) is 17.9 Å². The van der Waals surface area contributed by atoms with Crippen LogP contribution < -0.4 is 21.3 Å². The summed E-state index contributed by atoms with van der Waals surface area (Å²) in [6.07, 6.45) is 1.52. The van der Waals surface area contributed by atoms with Gasteiger partial charge in [-0.1, -0.05) is 29.8 Å². The minimum Gasteiger partial charge on any atom is -0.495 e. The number of methoxy groups -OCH3 is 1. The Morgan fingerprint density at radius 1 is 1.07 bits per heavy atom. The molecule has 0 aliphatic carbocycles. The number of aromatic nitrogens is 3. The Hall–Kier alpha value is -4.07. The summed E-state index contributed by atoms with van der Waals surface area (Å²) in [6.45, 7) is 1.92. The first-order chi connectivity index (χ1) is 14.4. The number of rotatable bonds is 4.